The number of carbonyl (C=O) groups excluding carboxylic acids is 1. The SMILES string of the molecule is C=CCn1nc(C(=O)N2CCOCC2)c2c1CCC(NCc1ccc(Cl)cc1)C2. The first kappa shape index (κ1) is 20.1. The third-order valence-electron chi connectivity index (χ3n) is 5.66. The number of halogens is 1. The molecule has 6 nitrogen and oxygen atoms in total. The molecule has 4 rings (SSSR count). The van der Waals surface area contributed by atoms with E-state index in [0.29, 0.717) is 44.6 Å². The maximum absolute atomic E-state index is 13.1. The van der Waals surface area contributed by atoms with Gasteiger partial charge in [-0.05, 0) is 37.0 Å². The maximum atomic E-state index is 13.1. The van der Waals surface area contributed by atoms with Gasteiger partial charge in [-0.1, -0.05) is 29.8 Å². The summed E-state index contributed by atoms with van der Waals surface area (Å²) in [5.41, 5.74) is 4.06. The van der Waals surface area contributed by atoms with E-state index >= 15 is 0 Å². The minimum absolute atomic E-state index is 0.0192. The molecule has 154 valence electrons. The zero-order valence-corrected chi connectivity index (χ0v) is 17.3. The molecule has 2 aliphatic rings. The van der Waals surface area contributed by atoms with Crippen molar-refractivity contribution in [1.29, 1.82) is 0 Å². The summed E-state index contributed by atoms with van der Waals surface area (Å²) in [4.78, 5) is 15.0. The number of ether oxygens (including phenoxy) is 1. The first-order valence-corrected chi connectivity index (χ1v) is 10.6. The monoisotopic (exact) mass is 414 g/mol. The minimum atomic E-state index is 0.0192. The maximum Gasteiger partial charge on any atom is 0.274 e. The van der Waals surface area contributed by atoms with Crippen molar-refractivity contribution in [3.63, 3.8) is 0 Å². The fraction of sp³-hybridized carbons (Fsp3) is 0.455. The number of morpholine rings is 1. The van der Waals surface area contributed by atoms with Crippen molar-refractivity contribution in [2.75, 3.05) is 26.3 Å². The largest absolute Gasteiger partial charge is 0.378 e. The van der Waals surface area contributed by atoms with Crippen LogP contribution in [0.1, 0.15) is 33.7 Å². The average Bonchev–Trinajstić information content (AvgIpc) is 3.11. The molecule has 29 heavy (non-hydrogen) atoms. The van der Waals surface area contributed by atoms with E-state index in [4.69, 9.17) is 21.4 Å². The van der Waals surface area contributed by atoms with Crippen molar-refractivity contribution in [2.45, 2.75) is 38.4 Å². The number of rotatable bonds is 6. The Morgan fingerprint density at radius 3 is 2.79 bits per heavy atom. The summed E-state index contributed by atoms with van der Waals surface area (Å²) in [5.74, 6) is 0.0192. The van der Waals surface area contributed by atoms with Crippen LogP contribution in [0.3, 0.4) is 0 Å². The van der Waals surface area contributed by atoms with E-state index in [-0.39, 0.29) is 5.91 Å². The lowest BCUT2D eigenvalue weighted by atomic mass is 9.91. The number of amides is 1. The highest BCUT2D eigenvalue weighted by molar-refractivity contribution is 6.30. The molecule has 2 aromatic rings. The van der Waals surface area contributed by atoms with E-state index in [2.05, 4.69) is 11.9 Å². The second-order valence-corrected chi connectivity index (χ2v) is 8.03. The summed E-state index contributed by atoms with van der Waals surface area (Å²) in [6.07, 6.45) is 4.58. The lowest BCUT2D eigenvalue weighted by Gasteiger charge is -2.28. The van der Waals surface area contributed by atoms with Crippen molar-refractivity contribution in [1.82, 2.24) is 20.0 Å². The molecule has 1 fully saturated rings. The Balaban J connectivity index is 1.51. The van der Waals surface area contributed by atoms with E-state index in [9.17, 15) is 4.79 Å². The Morgan fingerprint density at radius 2 is 2.07 bits per heavy atom. The summed E-state index contributed by atoms with van der Waals surface area (Å²) in [6.45, 7) is 7.68. The van der Waals surface area contributed by atoms with Crippen LogP contribution >= 0.6 is 11.6 Å². The second-order valence-electron chi connectivity index (χ2n) is 7.60. The van der Waals surface area contributed by atoms with Crippen molar-refractivity contribution in [2.24, 2.45) is 0 Å². The molecular weight excluding hydrogens is 388 g/mol. The van der Waals surface area contributed by atoms with Crippen LogP contribution in [0.4, 0.5) is 0 Å². The molecule has 7 heteroatoms. The number of benzene rings is 1. The van der Waals surface area contributed by atoms with Gasteiger partial charge in [0.05, 0.1) is 19.8 Å². The van der Waals surface area contributed by atoms with Crippen LogP contribution in [0.2, 0.25) is 5.02 Å². The first-order valence-electron chi connectivity index (χ1n) is 10.2. The Hall–Kier alpha value is -2.15. The molecule has 0 radical (unpaired) electrons. The quantitative estimate of drug-likeness (QED) is 0.738. The van der Waals surface area contributed by atoms with Crippen LogP contribution in [0.15, 0.2) is 36.9 Å². The molecule has 1 aromatic carbocycles. The Morgan fingerprint density at radius 1 is 1.31 bits per heavy atom. The molecule has 1 aliphatic heterocycles. The third kappa shape index (κ3) is 4.55. The number of hydrogen-bond acceptors (Lipinski definition) is 4. The zero-order valence-electron chi connectivity index (χ0n) is 16.6. The highest BCUT2D eigenvalue weighted by atomic mass is 35.5. The van der Waals surface area contributed by atoms with E-state index in [1.54, 1.807) is 0 Å². The van der Waals surface area contributed by atoms with Gasteiger partial charge in [-0.2, -0.15) is 5.10 Å². The predicted octanol–water partition coefficient (Wildman–Crippen LogP) is 2.84. The van der Waals surface area contributed by atoms with Crippen LogP contribution in [0.25, 0.3) is 0 Å². The fourth-order valence-corrected chi connectivity index (χ4v) is 4.21. The highest BCUT2D eigenvalue weighted by Crippen LogP contribution is 2.26. The Kier molecular flexibility index (Phi) is 6.33. The summed E-state index contributed by atoms with van der Waals surface area (Å²) < 4.78 is 7.34. The van der Waals surface area contributed by atoms with E-state index in [1.807, 2.05) is 39.9 Å². The van der Waals surface area contributed by atoms with Crippen LogP contribution in [0.5, 0.6) is 0 Å². The van der Waals surface area contributed by atoms with Gasteiger partial charge in [-0.15, -0.1) is 6.58 Å². The lowest BCUT2D eigenvalue weighted by Crippen LogP contribution is -2.41. The van der Waals surface area contributed by atoms with Gasteiger partial charge in [0.2, 0.25) is 0 Å². The average molecular weight is 415 g/mol. The van der Waals surface area contributed by atoms with Crippen molar-refractivity contribution in [3.05, 3.63) is 64.5 Å². The normalized spacial score (nSPS) is 19.1. The van der Waals surface area contributed by atoms with Gasteiger partial charge >= 0.3 is 0 Å². The molecule has 1 amide bonds. The van der Waals surface area contributed by atoms with Crippen LogP contribution < -0.4 is 5.32 Å². The molecule has 1 aliphatic carbocycles. The molecular formula is C22H27ClN4O2. The Labute approximate surface area is 176 Å². The van der Waals surface area contributed by atoms with Crippen LogP contribution in [-0.2, 0) is 30.7 Å². The van der Waals surface area contributed by atoms with Gasteiger partial charge in [0.15, 0.2) is 5.69 Å². The van der Waals surface area contributed by atoms with Gasteiger partial charge in [0.1, 0.15) is 0 Å². The van der Waals surface area contributed by atoms with Gasteiger partial charge in [-0.25, -0.2) is 0 Å². The summed E-state index contributed by atoms with van der Waals surface area (Å²) in [7, 11) is 0. The highest BCUT2D eigenvalue weighted by Gasteiger charge is 2.31. The van der Waals surface area contributed by atoms with Crippen LogP contribution in [0, 0.1) is 0 Å². The molecule has 0 spiro atoms. The third-order valence-corrected chi connectivity index (χ3v) is 5.91. The molecule has 1 atom stereocenters. The molecule has 0 saturated carbocycles. The summed E-state index contributed by atoms with van der Waals surface area (Å²) in [6, 6.07) is 8.22. The minimum Gasteiger partial charge on any atom is -0.378 e. The smallest absolute Gasteiger partial charge is 0.274 e. The molecule has 2 heterocycles. The molecule has 0 bridgehead atoms. The summed E-state index contributed by atoms with van der Waals surface area (Å²) in [5, 5.41) is 9.08. The molecule has 1 N–H and O–H groups in total. The number of nitrogens with one attached hydrogen (secondary N) is 1. The number of aromatic nitrogens is 2. The topological polar surface area (TPSA) is 59.4 Å². The fourth-order valence-electron chi connectivity index (χ4n) is 4.09. The standard InChI is InChI=1S/C22H27ClN4O2/c1-2-9-27-20-8-7-18(24-15-16-3-5-17(23)6-4-16)14-19(20)21(25-27)22(28)26-10-12-29-13-11-26/h2-6,18,24H,1,7-15H2. The molecule has 1 aromatic heterocycles. The summed E-state index contributed by atoms with van der Waals surface area (Å²) >= 11 is 5.98. The number of nitrogens with zero attached hydrogens (tertiary/aromatic N) is 3. The zero-order chi connectivity index (χ0) is 20.2. The van der Waals surface area contributed by atoms with Gasteiger partial charge in [-0.3, -0.25) is 9.48 Å². The number of hydrogen-bond donors (Lipinski definition) is 1. The Bertz CT molecular complexity index is 872. The van der Waals surface area contributed by atoms with Gasteiger partial charge in [0.25, 0.3) is 5.91 Å². The van der Waals surface area contributed by atoms with E-state index in [1.165, 1.54) is 11.3 Å². The van der Waals surface area contributed by atoms with Gasteiger partial charge in [0, 0.05) is 42.0 Å². The molecule has 1 unspecified atom stereocenters. The van der Waals surface area contributed by atoms with Crippen LogP contribution in [-0.4, -0.2) is 52.9 Å². The second kappa shape index (κ2) is 9.11. The molecule has 1 saturated heterocycles. The lowest BCUT2D eigenvalue weighted by molar-refractivity contribution is 0.0297. The van der Waals surface area contributed by atoms with E-state index in [0.717, 1.165) is 36.4 Å². The first-order chi connectivity index (χ1) is 14.2. The number of allylic oxidation sites excluding steroid dienone is 1. The number of fused-ring (bicyclic) bond motifs is 1. The van der Waals surface area contributed by atoms with Crippen molar-refractivity contribution < 1.29 is 9.53 Å². The predicted molar refractivity (Wildman–Crippen MR) is 113 cm³/mol. The van der Waals surface area contributed by atoms with Gasteiger partial charge < -0.3 is 15.0 Å². The van der Waals surface area contributed by atoms with E-state index < -0.39 is 0 Å². The number of carbonyl (C=O) groups is 1. The van der Waals surface area contributed by atoms with Crippen molar-refractivity contribution >= 4 is 17.5 Å². The van der Waals surface area contributed by atoms with Crippen molar-refractivity contribution in [3.8, 4) is 0 Å².